The number of hydrogen-bond donors (Lipinski definition) is 1. The van der Waals surface area contributed by atoms with Crippen LogP contribution in [0.25, 0.3) is 10.9 Å². The van der Waals surface area contributed by atoms with E-state index in [1.807, 2.05) is 86.0 Å². The number of ether oxygens (including phenoxy) is 2. The average Bonchev–Trinajstić information content (AvgIpc) is 3.20. The average molecular weight is 759 g/mol. The zero-order valence-corrected chi connectivity index (χ0v) is 33.3. The van der Waals surface area contributed by atoms with Gasteiger partial charge < -0.3 is 19.7 Å². The molecule has 1 N–H and O–H groups in total. The van der Waals surface area contributed by atoms with Crippen LogP contribution < -0.4 is 5.32 Å². The van der Waals surface area contributed by atoms with Gasteiger partial charge >= 0.3 is 6.09 Å². The number of nitrogens with one attached hydrogen (secondary N) is 1. The minimum absolute atomic E-state index is 0.0132. The molecule has 0 radical (unpaired) electrons. The SMILES string of the molecule is CCCOCC[C@H]1CN(C(=O)c2cccc3cccnc23)CCN1C[C@H](CSC(c1ccccc1)(c1ccccc1)c1ccccc1)NC(=O)OC(C)(C)C. The van der Waals surface area contributed by atoms with Crippen LogP contribution in [0.4, 0.5) is 4.79 Å². The van der Waals surface area contributed by atoms with E-state index >= 15 is 0 Å². The van der Waals surface area contributed by atoms with E-state index in [0.717, 1.165) is 40.4 Å². The van der Waals surface area contributed by atoms with E-state index in [-0.39, 0.29) is 18.0 Å². The Kier molecular flexibility index (Phi) is 13.6. The Balaban J connectivity index is 1.30. The van der Waals surface area contributed by atoms with Crippen molar-refractivity contribution in [2.24, 2.45) is 0 Å². The van der Waals surface area contributed by atoms with E-state index < -0.39 is 16.4 Å². The number of rotatable bonds is 15. The number of carbonyl (C=O) groups is 2. The molecule has 0 saturated carbocycles. The Morgan fingerprint density at radius 1 is 0.818 bits per heavy atom. The predicted octanol–water partition coefficient (Wildman–Crippen LogP) is 8.80. The second-order valence-electron chi connectivity index (χ2n) is 15.1. The van der Waals surface area contributed by atoms with Crippen LogP contribution in [-0.2, 0) is 14.2 Å². The van der Waals surface area contributed by atoms with Crippen LogP contribution in [-0.4, -0.2) is 89.6 Å². The largest absolute Gasteiger partial charge is 0.444 e. The van der Waals surface area contributed by atoms with E-state index in [1.165, 1.54) is 0 Å². The Morgan fingerprint density at radius 2 is 1.44 bits per heavy atom. The van der Waals surface area contributed by atoms with Crippen LogP contribution >= 0.6 is 11.8 Å². The van der Waals surface area contributed by atoms with Crippen LogP contribution in [0, 0.1) is 0 Å². The molecule has 1 aliphatic heterocycles. The fraction of sp³-hybridized carbons (Fsp3) is 0.370. The molecule has 5 aromatic rings. The van der Waals surface area contributed by atoms with Crippen LogP contribution in [0.5, 0.6) is 0 Å². The predicted molar refractivity (Wildman–Crippen MR) is 224 cm³/mol. The molecular formula is C46H54N4O4S. The molecule has 1 saturated heterocycles. The van der Waals surface area contributed by atoms with Crippen molar-refractivity contribution in [3.05, 3.63) is 150 Å². The minimum Gasteiger partial charge on any atom is -0.444 e. The number of thioether (sulfide) groups is 1. The van der Waals surface area contributed by atoms with Gasteiger partial charge in [0, 0.05) is 62.8 Å². The molecule has 0 unspecified atom stereocenters. The molecular weight excluding hydrogens is 705 g/mol. The number of aromatic nitrogens is 1. The van der Waals surface area contributed by atoms with Crippen molar-refractivity contribution >= 4 is 34.7 Å². The van der Waals surface area contributed by atoms with Crippen LogP contribution in [0.1, 0.15) is 67.6 Å². The van der Waals surface area contributed by atoms with E-state index in [0.29, 0.717) is 50.7 Å². The number of fused-ring (bicyclic) bond motifs is 1. The van der Waals surface area contributed by atoms with Crippen molar-refractivity contribution in [3.8, 4) is 0 Å². The molecule has 6 rings (SSSR count). The van der Waals surface area contributed by atoms with Gasteiger partial charge in [-0.2, -0.15) is 0 Å². The molecule has 1 aliphatic rings. The molecule has 4 aromatic carbocycles. The van der Waals surface area contributed by atoms with Crippen molar-refractivity contribution in [2.45, 2.75) is 63.0 Å². The number of hydrogen-bond acceptors (Lipinski definition) is 7. The second-order valence-corrected chi connectivity index (χ2v) is 16.3. The molecule has 8 nitrogen and oxygen atoms in total. The Labute approximate surface area is 330 Å². The highest BCUT2D eigenvalue weighted by Gasteiger charge is 2.39. The maximum atomic E-state index is 14.1. The van der Waals surface area contributed by atoms with Gasteiger partial charge in [-0.15, -0.1) is 11.8 Å². The molecule has 1 fully saturated rings. The third-order valence-electron chi connectivity index (χ3n) is 9.92. The number of pyridine rings is 1. The molecule has 9 heteroatoms. The first-order valence-electron chi connectivity index (χ1n) is 19.4. The maximum Gasteiger partial charge on any atom is 0.407 e. The van der Waals surface area contributed by atoms with Crippen molar-refractivity contribution in [1.29, 1.82) is 0 Å². The zero-order chi connectivity index (χ0) is 38.7. The molecule has 2 atom stereocenters. The lowest BCUT2D eigenvalue weighted by Gasteiger charge is -2.43. The van der Waals surface area contributed by atoms with Gasteiger partial charge in [-0.05, 0) is 62.4 Å². The first kappa shape index (κ1) is 40.0. The van der Waals surface area contributed by atoms with Crippen LogP contribution in [0.15, 0.2) is 128 Å². The van der Waals surface area contributed by atoms with Crippen LogP contribution in [0.3, 0.4) is 0 Å². The fourth-order valence-electron chi connectivity index (χ4n) is 7.40. The van der Waals surface area contributed by atoms with Gasteiger partial charge in [0.1, 0.15) is 5.60 Å². The summed E-state index contributed by atoms with van der Waals surface area (Å²) in [4.78, 5) is 36.6. The fourth-order valence-corrected chi connectivity index (χ4v) is 8.94. The zero-order valence-electron chi connectivity index (χ0n) is 32.5. The van der Waals surface area contributed by atoms with Gasteiger partial charge in [-0.3, -0.25) is 14.7 Å². The lowest BCUT2D eigenvalue weighted by molar-refractivity contribution is 0.0295. The summed E-state index contributed by atoms with van der Waals surface area (Å²) < 4.78 is 11.3. The third kappa shape index (κ3) is 10.1. The topological polar surface area (TPSA) is 84.0 Å². The molecule has 55 heavy (non-hydrogen) atoms. The normalized spacial score (nSPS) is 15.8. The molecule has 2 heterocycles. The summed E-state index contributed by atoms with van der Waals surface area (Å²) in [6, 6.07) is 41.3. The summed E-state index contributed by atoms with van der Waals surface area (Å²) >= 11 is 1.82. The monoisotopic (exact) mass is 758 g/mol. The van der Waals surface area contributed by atoms with Crippen molar-refractivity contribution in [1.82, 2.24) is 20.1 Å². The Hall–Kier alpha value is -4.70. The number of amides is 2. The third-order valence-corrected chi connectivity index (χ3v) is 11.6. The summed E-state index contributed by atoms with van der Waals surface area (Å²) in [6.07, 6.45) is 3.00. The molecule has 0 bridgehead atoms. The second kappa shape index (κ2) is 18.8. The summed E-state index contributed by atoms with van der Waals surface area (Å²) in [5, 5.41) is 4.23. The first-order valence-corrected chi connectivity index (χ1v) is 20.4. The summed E-state index contributed by atoms with van der Waals surface area (Å²) in [6.45, 7) is 11.4. The van der Waals surface area contributed by atoms with Gasteiger partial charge in [-0.25, -0.2) is 4.79 Å². The van der Waals surface area contributed by atoms with Gasteiger partial charge in [0.2, 0.25) is 0 Å². The molecule has 288 valence electrons. The highest BCUT2D eigenvalue weighted by atomic mass is 32.2. The Morgan fingerprint density at radius 3 is 2.04 bits per heavy atom. The molecule has 2 amide bonds. The summed E-state index contributed by atoms with van der Waals surface area (Å²) in [7, 11) is 0. The van der Waals surface area contributed by atoms with E-state index in [9.17, 15) is 9.59 Å². The lowest BCUT2D eigenvalue weighted by Crippen LogP contribution is -2.58. The Bertz CT molecular complexity index is 1870. The van der Waals surface area contributed by atoms with Crippen molar-refractivity contribution < 1.29 is 19.1 Å². The molecule has 1 aromatic heterocycles. The summed E-state index contributed by atoms with van der Waals surface area (Å²) in [5.74, 6) is 0.582. The highest BCUT2D eigenvalue weighted by Crippen LogP contribution is 2.48. The quantitative estimate of drug-likeness (QED) is 0.0845. The number of para-hydroxylation sites is 1. The minimum atomic E-state index is -0.648. The highest BCUT2D eigenvalue weighted by molar-refractivity contribution is 8.00. The van der Waals surface area contributed by atoms with Gasteiger partial charge in [-0.1, -0.05) is 116 Å². The van der Waals surface area contributed by atoms with Gasteiger partial charge in [0.05, 0.1) is 21.9 Å². The number of nitrogens with zero attached hydrogens (tertiary/aromatic N) is 3. The number of benzene rings is 4. The van der Waals surface area contributed by atoms with E-state index in [1.54, 1.807) is 6.20 Å². The molecule has 0 aliphatic carbocycles. The number of carbonyl (C=O) groups excluding carboxylic acids is 2. The van der Waals surface area contributed by atoms with E-state index in [4.69, 9.17) is 9.47 Å². The first-order chi connectivity index (χ1) is 26.7. The molecule has 0 spiro atoms. The summed E-state index contributed by atoms with van der Waals surface area (Å²) in [5.41, 5.74) is 4.18. The van der Waals surface area contributed by atoms with E-state index in [2.05, 4.69) is 94.9 Å². The maximum absolute atomic E-state index is 14.1. The number of alkyl carbamates (subject to hydrolysis) is 1. The van der Waals surface area contributed by atoms with Gasteiger partial charge in [0.15, 0.2) is 0 Å². The number of piperazine rings is 1. The van der Waals surface area contributed by atoms with Crippen molar-refractivity contribution in [2.75, 3.05) is 45.1 Å². The smallest absolute Gasteiger partial charge is 0.407 e. The van der Waals surface area contributed by atoms with Crippen LogP contribution in [0.2, 0.25) is 0 Å². The lowest BCUT2D eigenvalue weighted by atomic mass is 9.84. The van der Waals surface area contributed by atoms with Gasteiger partial charge in [0.25, 0.3) is 5.91 Å². The van der Waals surface area contributed by atoms with Crippen molar-refractivity contribution in [3.63, 3.8) is 0 Å². The standard InChI is InChI=1S/C46H54N4O4S/c1-5-30-53-31-26-40-33-50(43(51)41-25-15-17-35-18-16-27-47-42(35)41)29-28-49(40)32-39(48-44(52)54-45(2,3)4)34-55-46(36-19-9-6-10-20-36,37-21-11-7-12-22-37)38-23-13-8-14-24-38/h6-25,27,39-40H,5,26,28-34H2,1-4H3,(H,48,52)/t39-,40+/m1/s1.